The van der Waals surface area contributed by atoms with Crippen LogP contribution < -0.4 is 21.1 Å². The van der Waals surface area contributed by atoms with Gasteiger partial charge in [0.2, 0.25) is 0 Å². The molecule has 1 amide bonds. The second kappa shape index (κ2) is 10.0. The summed E-state index contributed by atoms with van der Waals surface area (Å²) < 4.78 is 0. The lowest BCUT2D eigenvalue weighted by atomic mass is 9.98. The van der Waals surface area contributed by atoms with Crippen LogP contribution in [0.4, 0.5) is 11.4 Å². The molecule has 2 aromatic carbocycles. The van der Waals surface area contributed by atoms with Crippen LogP contribution in [0.1, 0.15) is 49.0 Å². The van der Waals surface area contributed by atoms with E-state index < -0.39 is 5.91 Å². The number of amides is 1. The van der Waals surface area contributed by atoms with Gasteiger partial charge < -0.3 is 25.5 Å². The topological polar surface area (TPSA) is 117 Å². The minimum absolute atomic E-state index is 0.0138. The van der Waals surface area contributed by atoms with E-state index in [0.717, 1.165) is 19.0 Å². The molecule has 9 heteroatoms. The Morgan fingerprint density at radius 3 is 2.40 bits per heavy atom. The molecule has 0 aliphatic rings. The van der Waals surface area contributed by atoms with Crippen molar-refractivity contribution < 1.29 is 20.1 Å². The van der Waals surface area contributed by atoms with Crippen LogP contribution in [0.2, 0.25) is 0 Å². The van der Waals surface area contributed by atoms with Crippen LogP contribution in [0.15, 0.2) is 30.3 Å². The van der Waals surface area contributed by atoms with Crippen molar-refractivity contribution in [3.05, 3.63) is 41.5 Å². The van der Waals surface area contributed by atoms with E-state index >= 15 is 0 Å². The van der Waals surface area contributed by atoms with Crippen molar-refractivity contribution in [1.82, 2.24) is 10.9 Å². The first-order valence-corrected chi connectivity index (χ1v) is 10.0. The maximum Gasteiger partial charge on any atom is 0.273 e. The molecule has 30 heavy (non-hydrogen) atoms. The van der Waals surface area contributed by atoms with E-state index in [-0.39, 0.29) is 33.8 Å². The van der Waals surface area contributed by atoms with E-state index in [1.165, 1.54) is 6.07 Å². The molecule has 0 aliphatic carbocycles. The van der Waals surface area contributed by atoms with Crippen LogP contribution in [0.3, 0.4) is 0 Å². The smallest absolute Gasteiger partial charge is 0.273 e. The molecule has 2 aromatic rings. The summed E-state index contributed by atoms with van der Waals surface area (Å²) in [4.78, 5) is 14.4. The van der Waals surface area contributed by atoms with Crippen LogP contribution in [-0.2, 0) is 0 Å². The second-order valence-corrected chi connectivity index (χ2v) is 7.65. The summed E-state index contributed by atoms with van der Waals surface area (Å²) in [5, 5.41) is 33.0. The fourth-order valence-electron chi connectivity index (χ4n) is 2.94. The summed E-state index contributed by atoms with van der Waals surface area (Å²) in [6.45, 7) is 6.57. The van der Waals surface area contributed by atoms with Crippen LogP contribution in [0, 0.1) is 0 Å². The molecule has 0 saturated heterocycles. The first-order valence-electron chi connectivity index (χ1n) is 9.61. The average Bonchev–Trinajstić information content (AvgIpc) is 2.67. The van der Waals surface area contributed by atoms with E-state index in [2.05, 4.69) is 16.2 Å². The number of hydrazine groups is 1. The van der Waals surface area contributed by atoms with Crippen LogP contribution in [0.25, 0.3) is 0 Å². The summed E-state index contributed by atoms with van der Waals surface area (Å²) >= 11 is 5.20. The van der Waals surface area contributed by atoms with E-state index in [9.17, 15) is 20.1 Å². The van der Waals surface area contributed by atoms with Crippen molar-refractivity contribution in [2.45, 2.75) is 33.1 Å². The highest BCUT2D eigenvalue weighted by atomic mass is 32.1. The van der Waals surface area contributed by atoms with Gasteiger partial charge in [-0.05, 0) is 54.4 Å². The summed E-state index contributed by atoms with van der Waals surface area (Å²) in [7, 11) is 1.88. The highest BCUT2D eigenvalue weighted by molar-refractivity contribution is 7.80. The standard InChI is InChI=1S/C21H28N4O4S/c1-5-8-25(4)16-9-13(6-7-17(16)26)22-21(30)24-23-20(29)15-10-14(12(2)3)18(27)11-19(15)28/h6-7,9-12,26-28H,5,8H2,1-4H3,(H,23,29)(H2,22,24,30). The SMILES string of the molecule is CCCN(C)c1cc(NC(=S)NNC(=O)c2cc(C(C)C)c(O)cc2O)ccc1O. The third-order valence-electron chi connectivity index (χ3n) is 4.50. The van der Waals surface area contributed by atoms with Gasteiger partial charge in [-0.25, -0.2) is 0 Å². The number of carbonyl (C=O) groups is 1. The second-order valence-electron chi connectivity index (χ2n) is 7.24. The normalized spacial score (nSPS) is 10.6. The maximum absolute atomic E-state index is 12.4. The Labute approximate surface area is 181 Å². The number of phenols is 3. The molecule has 6 N–H and O–H groups in total. The number of hydrogen-bond donors (Lipinski definition) is 6. The third-order valence-corrected chi connectivity index (χ3v) is 4.71. The van der Waals surface area contributed by atoms with Crippen LogP contribution >= 0.6 is 12.2 Å². The molecule has 0 saturated carbocycles. The van der Waals surface area contributed by atoms with E-state index in [4.69, 9.17) is 12.2 Å². The maximum atomic E-state index is 12.4. The number of aromatic hydroxyl groups is 3. The minimum atomic E-state index is -0.604. The van der Waals surface area contributed by atoms with Gasteiger partial charge in [0.15, 0.2) is 5.11 Å². The van der Waals surface area contributed by atoms with Crippen LogP contribution in [0.5, 0.6) is 17.2 Å². The molecule has 2 rings (SSSR count). The van der Waals surface area contributed by atoms with Gasteiger partial charge in [0, 0.05) is 25.3 Å². The van der Waals surface area contributed by atoms with Gasteiger partial charge in [0.1, 0.15) is 17.2 Å². The van der Waals surface area contributed by atoms with Gasteiger partial charge >= 0.3 is 0 Å². The molecular formula is C21H28N4O4S. The Morgan fingerprint density at radius 1 is 1.07 bits per heavy atom. The predicted molar refractivity (Wildman–Crippen MR) is 122 cm³/mol. The predicted octanol–water partition coefficient (Wildman–Crippen LogP) is 3.40. The van der Waals surface area contributed by atoms with Gasteiger partial charge in [0.25, 0.3) is 5.91 Å². The number of phenolic OH excluding ortho intramolecular Hbond substituents is 3. The summed E-state index contributed by atoms with van der Waals surface area (Å²) in [6, 6.07) is 7.56. The molecule has 0 atom stereocenters. The number of nitrogens with one attached hydrogen (secondary N) is 3. The van der Waals surface area contributed by atoms with E-state index in [1.807, 2.05) is 32.7 Å². The zero-order chi connectivity index (χ0) is 22.4. The van der Waals surface area contributed by atoms with Crippen molar-refractivity contribution in [3.8, 4) is 17.2 Å². The molecule has 0 bridgehead atoms. The lowest BCUT2D eigenvalue weighted by Crippen LogP contribution is -2.43. The van der Waals surface area contributed by atoms with Crippen molar-refractivity contribution >= 4 is 34.6 Å². The lowest BCUT2D eigenvalue weighted by molar-refractivity contribution is 0.0941. The van der Waals surface area contributed by atoms with E-state index in [1.54, 1.807) is 18.2 Å². The average molecular weight is 433 g/mol. The zero-order valence-electron chi connectivity index (χ0n) is 17.5. The van der Waals surface area contributed by atoms with Crippen molar-refractivity contribution in [1.29, 1.82) is 0 Å². The van der Waals surface area contributed by atoms with E-state index in [0.29, 0.717) is 16.9 Å². The number of benzene rings is 2. The molecule has 0 aliphatic heterocycles. The van der Waals surface area contributed by atoms with Gasteiger partial charge in [-0.15, -0.1) is 0 Å². The Kier molecular flexibility index (Phi) is 7.71. The van der Waals surface area contributed by atoms with Crippen molar-refractivity contribution in [3.63, 3.8) is 0 Å². The molecular weight excluding hydrogens is 404 g/mol. The molecule has 8 nitrogen and oxygen atoms in total. The first kappa shape index (κ1) is 23.1. The van der Waals surface area contributed by atoms with Gasteiger partial charge in [0.05, 0.1) is 11.3 Å². The molecule has 162 valence electrons. The lowest BCUT2D eigenvalue weighted by Gasteiger charge is -2.21. The fraction of sp³-hybridized carbons (Fsp3) is 0.333. The molecule has 0 fully saturated rings. The monoisotopic (exact) mass is 432 g/mol. The zero-order valence-corrected chi connectivity index (χ0v) is 18.3. The Hall–Kier alpha value is -3.20. The number of hydrogen-bond acceptors (Lipinski definition) is 6. The number of nitrogens with zero attached hydrogens (tertiary/aromatic N) is 1. The van der Waals surface area contributed by atoms with Gasteiger partial charge in [-0.1, -0.05) is 20.8 Å². The molecule has 0 unspecified atom stereocenters. The fourth-order valence-corrected chi connectivity index (χ4v) is 3.11. The van der Waals surface area contributed by atoms with Crippen molar-refractivity contribution in [2.75, 3.05) is 23.8 Å². The Balaban J connectivity index is 2.04. The highest BCUT2D eigenvalue weighted by Gasteiger charge is 2.17. The van der Waals surface area contributed by atoms with Gasteiger partial charge in [-0.3, -0.25) is 15.6 Å². The third kappa shape index (κ3) is 5.66. The van der Waals surface area contributed by atoms with Crippen molar-refractivity contribution in [2.24, 2.45) is 0 Å². The largest absolute Gasteiger partial charge is 0.508 e. The minimum Gasteiger partial charge on any atom is -0.508 e. The summed E-state index contributed by atoms with van der Waals surface area (Å²) in [6.07, 6.45) is 0.933. The molecule has 0 spiro atoms. The molecule has 0 heterocycles. The number of rotatable bonds is 6. The Morgan fingerprint density at radius 2 is 1.77 bits per heavy atom. The first-order chi connectivity index (χ1) is 14.1. The molecule has 0 aromatic heterocycles. The molecule has 0 radical (unpaired) electrons. The number of anilines is 2. The quantitative estimate of drug-likeness (QED) is 0.234. The number of thiocarbonyl (C=S) groups is 1. The van der Waals surface area contributed by atoms with Gasteiger partial charge in [-0.2, -0.15) is 0 Å². The number of carbonyl (C=O) groups excluding carboxylic acids is 1. The Bertz CT molecular complexity index is 933. The summed E-state index contributed by atoms with van der Waals surface area (Å²) in [5.41, 5.74) is 6.85. The van der Waals surface area contributed by atoms with Crippen LogP contribution in [-0.4, -0.2) is 39.9 Å². The summed E-state index contributed by atoms with van der Waals surface area (Å²) in [5.74, 6) is -0.875. The highest BCUT2D eigenvalue weighted by Crippen LogP contribution is 2.32.